The first-order chi connectivity index (χ1) is 11.3. The number of anilines is 1. The molecule has 3 rings (SSSR count). The van der Waals surface area contributed by atoms with Gasteiger partial charge in [0.15, 0.2) is 0 Å². The van der Waals surface area contributed by atoms with Gasteiger partial charge >= 0.3 is 17.7 Å². The summed E-state index contributed by atoms with van der Waals surface area (Å²) in [6, 6.07) is 12.0. The number of carbonyl (C=O) groups excluding carboxylic acids is 1. The molecule has 0 radical (unpaired) electrons. The van der Waals surface area contributed by atoms with Crippen molar-refractivity contribution in [2.75, 3.05) is 5.32 Å². The lowest BCUT2D eigenvalue weighted by Gasteiger charge is -2.09. The highest BCUT2D eigenvalue weighted by atomic mass is 19.4. The predicted molar refractivity (Wildman–Crippen MR) is 80.4 cm³/mol. The third-order valence-corrected chi connectivity index (χ3v) is 3.16. The molecular formula is C16H9F3N2O3. The van der Waals surface area contributed by atoms with E-state index < -0.39 is 17.7 Å². The number of amides is 1. The number of nitrogens with zero attached hydrogens (tertiary/aromatic N) is 1. The average molecular weight is 334 g/mol. The first kappa shape index (κ1) is 15.7. The highest BCUT2D eigenvalue weighted by Crippen LogP contribution is 2.23. The highest BCUT2D eigenvalue weighted by Gasteiger charge is 2.38. The predicted octanol–water partition coefficient (Wildman–Crippen LogP) is 3.36. The van der Waals surface area contributed by atoms with Crippen LogP contribution in [0.15, 0.2) is 57.7 Å². The quantitative estimate of drug-likeness (QED) is 0.780. The molecule has 0 bridgehead atoms. The second-order valence-electron chi connectivity index (χ2n) is 4.86. The summed E-state index contributed by atoms with van der Waals surface area (Å²) in [5.41, 5.74) is -0.0425. The number of rotatable bonds is 2. The lowest BCUT2D eigenvalue weighted by Crippen LogP contribution is -2.29. The van der Waals surface area contributed by atoms with E-state index in [-0.39, 0.29) is 17.1 Å². The van der Waals surface area contributed by atoms with Gasteiger partial charge in [0, 0.05) is 11.3 Å². The Hall–Kier alpha value is -3.16. The van der Waals surface area contributed by atoms with Gasteiger partial charge in [0.05, 0.1) is 10.9 Å². The second kappa shape index (κ2) is 5.80. The summed E-state index contributed by atoms with van der Waals surface area (Å²) in [6.45, 7) is 0. The van der Waals surface area contributed by atoms with Gasteiger partial charge in [-0.3, -0.25) is 4.79 Å². The summed E-state index contributed by atoms with van der Waals surface area (Å²) in [5, 5.41) is 2.03. The maximum absolute atomic E-state index is 12.3. The van der Waals surface area contributed by atoms with E-state index >= 15 is 0 Å². The first-order valence-corrected chi connectivity index (χ1v) is 6.73. The number of para-hydroxylation sites is 1. The zero-order chi connectivity index (χ0) is 17.3. The van der Waals surface area contributed by atoms with Crippen LogP contribution in [0.25, 0.3) is 22.4 Å². The number of fused-ring (bicyclic) bond motifs is 1. The molecule has 1 amide bonds. The van der Waals surface area contributed by atoms with Crippen molar-refractivity contribution in [3.05, 3.63) is 59.0 Å². The zero-order valence-corrected chi connectivity index (χ0v) is 11.9. The highest BCUT2D eigenvalue weighted by molar-refractivity contribution is 5.95. The Labute approximate surface area is 132 Å². The number of aromatic nitrogens is 1. The number of hydrogen-bond acceptors (Lipinski definition) is 4. The molecule has 0 saturated carbocycles. The van der Waals surface area contributed by atoms with Gasteiger partial charge in [0.25, 0.3) is 0 Å². The monoisotopic (exact) mass is 334 g/mol. The Morgan fingerprint density at radius 3 is 2.58 bits per heavy atom. The second-order valence-corrected chi connectivity index (χ2v) is 4.86. The van der Waals surface area contributed by atoms with Crippen LogP contribution in [-0.2, 0) is 4.79 Å². The summed E-state index contributed by atoms with van der Waals surface area (Å²) >= 11 is 0. The average Bonchev–Trinajstić information content (AvgIpc) is 2.54. The lowest BCUT2D eigenvalue weighted by molar-refractivity contribution is -0.167. The standard InChI is InChI=1S/C16H9F3N2O3/c17-16(18,19)15(23)20-10-5-3-4-9(8-10)13-21-12-7-2-1-6-11(12)14(22)24-13/h1-8H,(H,20,23). The Morgan fingerprint density at radius 2 is 1.83 bits per heavy atom. The minimum Gasteiger partial charge on any atom is -0.403 e. The lowest BCUT2D eigenvalue weighted by atomic mass is 10.2. The minimum atomic E-state index is -5.00. The molecule has 0 spiro atoms. The zero-order valence-electron chi connectivity index (χ0n) is 11.9. The Balaban J connectivity index is 2.00. The molecule has 2 aromatic carbocycles. The van der Waals surface area contributed by atoms with Crippen molar-refractivity contribution in [3.8, 4) is 11.5 Å². The van der Waals surface area contributed by atoms with Crippen LogP contribution >= 0.6 is 0 Å². The van der Waals surface area contributed by atoms with Gasteiger partial charge < -0.3 is 9.73 Å². The van der Waals surface area contributed by atoms with E-state index in [1.165, 1.54) is 24.3 Å². The summed E-state index contributed by atoms with van der Waals surface area (Å²) in [5.74, 6) is -2.14. The van der Waals surface area contributed by atoms with Crippen molar-refractivity contribution >= 4 is 22.5 Å². The van der Waals surface area contributed by atoms with Gasteiger partial charge in [0.2, 0.25) is 5.89 Å². The molecule has 3 aromatic rings. The minimum absolute atomic E-state index is 0.0539. The number of halogens is 3. The molecule has 0 atom stereocenters. The topological polar surface area (TPSA) is 72.2 Å². The van der Waals surface area contributed by atoms with Crippen LogP contribution in [0.2, 0.25) is 0 Å². The van der Waals surface area contributed by atoms with E-state index in [9.17, 15) is 22.8 Å². The van der Waals surface area contributed by atoms with Crippen LogP contribution in [0.4, 0.5) is 18.9 Å². The summed E-state index contributed by atoms with van der Waals surface area (Å²) in [4.78, 5) is 27.1. The van der Waals surface area contributed by atoms with Crippen molar-refractivity contribution in [2.45, 2.75) is 6.18 Å². The Morgan fingerprint density at radius 1 is 1.08 bits per heavy atom. The third-order valence-electron chi connectivity index (χ3n) is 3.16. The maximum atomic E-state index is 12.3. The van der Waals surface area contributed by atoms with Crippen LogP contribution in [0, 0.1) is 0 Å². The van der Waals surface area contributed by atoms with E-state index in [4.69, 9.17) is 4.42 Å². The number of alkyl halides is 3. The van der Waals surface area contributed by atoms with E-state index in [0.29, 0.717) is 10.9 Å². The normalized spacial score (nSPS) is 11.5. The molecule has 1 heterocycles. The molecule has 1 aromatic heterocycles. The van der Waals surface area contributed by atoms with Gasteiger partial charge in [-0.25, -0.2) is 9.78 Å². The molecule has 0 unspecified atom stereocenters. The van der Waals surface area contributed by atoms with Crippen LogP contribution in [0.3, 0.4) is 0 Å². The van der Waals surface area contributed by atoms with E-state index in [2.05, 4.69) is 4.98 Å². The van der Waals surface area contributed by atoms with Crippen molar-refractivity contribution in [2.24, 2.45) is 0 Å². The van der Waals surface area contributed by atoms with E-state index in [1.807, 2.05) is 0 Å². The first-order valence-electron chi connectivity index (χ1n) is 6.73. The van der Waals surface area contributed by atoms with Crippen molar-refractivity contribution in [1.29, 1.82) is 0 Å². The number of benzene rings is 2. The SMILES string of the molecule is O=C(Nc1cccc(-c2nc3ccccc3c(=O)o2)c1)C(F)(F)F. The van der Waals surface area contributed by atoms with Crippen LogP contribution < -0.4 is 10.9 Å². The van der Waals surface area contributed by atoms with Gasteiger partial charge in [0.1, 0.15) is 0 Å². The molecule has 0 saturated heterocycles. The number of carbonyl (C=O) groups is 1. The molecule has 8 heteroatoms. The molecule has 0 aliphatic rings. The summed E-state index contributed by atoms with van der Waals surface area (Å²) < 4.78 is 42.0. The molecule has 24 heavy (non-hydrogen) atoms. The fraction of sp³-hybridized carbons (Fsp3) is 0.0625. The van der Waals surface area contributed by atoms with E-state index in [1.54, 1.807) is 29.6 Å². The molecule has 1 N–H and O–H groups in total. The molecule has 0 aliphatic heterocycles. The largest absolute Gasteiger partial charge is 0.471 e. The van der Waals surface area contributed by atoms with Crippen molar-refractivity contribution in [3.63, 3.8) is 0 Å². The van der Waals surface area contributed by atoms with Crippen LogP contribution in [-0.4, -0.2) is 17.1 Å². The van der Waals surface area contributed by atoms with Gasteiger partial charge in [-0.2, -0.15) is 13.2 Å². The smallest absolute Gasteiger partial charge is 0.403 e. The van der Waals surface area contributed by atoms with Crippen molar-refractivity contribution in [1.82, 2.24) is 4.98 Å². The number of hydrogen-bond donors (Lipinski definition) is 1. The third kappa shape index (κ3) is 3.12. The van der Waals surface area contributed by atoms with Gasteiger partial charge in [-0.15, -0.1) is 0 Å². The number of nitrogens with one attached hydrogen (secondary N) is 1. The van der Waals surface area contributed by atoms with Crippen molar-refractivity contribution < 1.29 is 22.4 Å². The van der Waals surface area contributed by atoms with Gasteiger partial charge in [-0.1, -0.05) is 18.2 Å². The molecule has 5 nitrogen and oxygen atoms in total. The Bertz CT molecular complexity index is 980. The molecule has 0 aliphatic carbocycles. The van der Waals surface area contributed by atoms with Gasteiger partial charge in [-0.05, 0) is 30.3 Å². The fourth-order valence-electron chi connectivity index (χ4n) is 2.07. The fourth-order valence-corrected chi connectivity index (χ4v) is 2.07. The van der Waals surface area contributed by atoms with Crippen LogP contribution in [0.1, 0.15) is 0 Å². The maximum Gasteiger partial charge on any atom is 0.471 e. The molecule has 122 valence electrons. The van der Waals surface area contributed by atoms with Crippen LogP contribution in [0.5, 0.6) is 0 Å². The Kier molecular flexibility index (Phi) is 3.80. The van der Waals surface area contributed by atoms with E-state index in [0.717, 1.165) is 0 Å². The molecule has 0 fully saturated rings. The summed E-state index contributed by atoms with van der Waals surface area (Å²) in [6.07, 6.45) is -5.00. The summed E-state index contributed by atoms with van der Waals surface area (Å²) in [7, 11) is 0. The molecular weight excluding hydrogens is 325 g/mol.